The summed E-state index contributed by atoms with van der Waals surface area (Å²) in [5.74, 6) is 1.45. The Bertz CT molecular complexity index is 629. The second-order valence-electron chi connectivity index (χ2n) is 4.34. The van der Waals surface area contributed by atoms with Crippen molar-refractivity contribution in [2.45, 2.75) is 6.54 Å². The molecule has 0 fully saturated rings. The number of hydrazone groups is 1. The Morgan fingerprint density at radius 2 is 1.90 bits per heavy atom. The molecule has 2 aromatic carbocycles. The van der Waals surface area contributed by atoms with Crippen molar-refractivity contribution in [1.82, 2.24) is 5.43 Å². The second-order valence-corrected chi connectivity index (χ2v) is 5.58. The predicted molar refractivity (Wildman–Crippen MR) is 93.1 cm³/mol. The highest BCUT2D eigenvalue weighted by Crippen LogP contribution is 2.27. The molecule has 0 aliphatic rings. The maximum Gasteiger partial charge on any atom is 0.161 e. The number of nitrogens with one attached hydrogen (secondary N) is 1. The van der Waals surface area contributed by atoms with Crippen LogP contribution in [-0.2, 0) is 6.54 Å². The van der Waals surface area contributed by atoms with Crippen LogP contribution in [0.2, 0.25) is 0 Å². The van der Waals surface area contributed by atoms with Crippen molar-refractivity contribution in [1.29, 1.82) is 0 Å². The first kappa shape index (κ1) is 15.6. The summed E-state index contributed by atoms with van der Waals surface area (Å²) in [5.41, 5.74) is 5.18. The highest BCUT2D eigenvalue weighted by atomic mass is 127. The number of nitrogens with zero attached hydrogens (tertiary/aromatic N) is 1. The molecule has 0 bridgehead atoms. The van der Waals surface area contributed by atoms with Gasteiger partial charge in [-0.1, -0.05) is 18.2 Å². The fourth-order valence-corrected chi connectivity index (χ4v) is 2.40. The van der Waals surface area contributed by atoms with Gasteiger partial charge >= 0.3 is 0 Å². The van der Waals surface area contributed by atoms with E-state index in [4.69, 9.17) is 9.47 Å². The lowest BCUT2D eigenvalue weighted by atomic mass is 10.2. The molecule has 0 aliphatic heterocycles. The van der Waals surface area contributed by atoms with Gasteiger partial charge in [0.25, 0.3) is 0 Å². The minimum atomic E-state index is 0.626. The van der Waals surface area contributed by atoms with Gasteiger partial charge in [0.15, 0.2) is 11.5 Å². The van der Waals surface area contributed by atoms with E-state index in [-0.39, 0.29) is 0 Å². The smallest absolute Gasteiger partial charge is 0.161 e. The number of benzene rings is 2. The van der Waals surface area contributed by atoms with E-state index in [9.17, 15) is 0 Å². The third-order valence-electron chi connectivity index (χ3n) is 2.88. The van der Waals surface area contributed by atoms with Crippen LogP contribution < -0.4 is 14.9 Å². The number of hydrogen-bond acceptors (Lipinski definition) is 4. The molecule has 5 heteroatoms. The van der Waals surface area contributed by atoms with Crippen LogP contribution in [0.1, 0.15) is 11.1 Å². The summed E-state index contributed by atoms with van der Waals surface area (Å²) in [5, 5.41) is 4.23. The van der Waals surface area contributed by atoms with Crippen molar-refractivity contribution in [2.24, 2.45) is 5.10 Å². The summed E-state index contributed by atoms with van der Waals surface area (Å²) >= 11 is 2.28. The topological polar surface area (TPSA) is 42.8 Å². The van der Waals surface area contributed by atoms with Crippen LogP contribution in [0.5, 0.6) is 11.5 Å². The van der Waals surface area contributed by atoms with Gasteiger partial charge in [-0.15, -0.1) is 0 Å². The molecule has 0 saturated carbocycles. The van der Waals surface area contributed by atoms with Crippen molar-refractivity contribution in [2.75, 3.05) is 14.2 Å². The number of halogens is 1. The van der Waals surface area contributed by atoms with Gasteiger partial charge < -0.3 is 14.9 Å². The van der Waals surface area contributed by atoms with E-state index in [0.29, 0.717) is 6.54 Å². The van der Waals surface area contributed by atoms with Crippen LogP contribution in [0.4, 0.5) is 0 Å². The first-order valence-electron chi connectivity index (χ1n) is 6.45. The Hall–Kier alpha value is -1.76. The normalized spacial score (nSPS) is 10.6. The first-order valence-corrected chi connectivity index (χ1v) is 7.53. The molecule has 0 aliphatic carbocycles. The summed E-state index contributed by atoms with van der Waals surface area (Å²) in [7, 11) is 3.26. The van der Waals surface area contributed by atoms with Crippen molar-refractivity contribution in [3.05, 3.63) is 57.2 Å². The molecule has 1 N–H and O–H groups in total. The van der Waals surface area contributed by atoms with Crippen LogP contribution in [0.3, 0.4) is 0 Å². The second kappa shape index (κ2) is 7.87. The van der Waals surface area contributed by atoms with Gasteiger partial charge in [0, 0.05) is 3.57 Å². The molecule has 0 spiro atoms. The molecule has 0 radical (unpaired) electrons. The average Bonchev–Trinajstić information content (AvgIpc) is 2.51. The molecule has 0 aromatic heterocycles. The fourth-order valence-electron chi connectivity index (χ4n) is 1.83. The largest absolute Gasteiger partial charge is 0.493 e. The maximum absolute atomic E-state index is 5.27. The Labute approximate surface area is 138 Å². The van der Waals surface area contributed by atoms with Crippen LogP contribution in [-0.4, -0.2) is 20.4 Å². The van der Waals surface area contributed by atoms with Gasteiger partial charge in [0.05, 0.1) is 27.0 Å². The molecule has 21 heavy (non-hydrogen) atoms. The van der Waals surface area contributed by atoms with Crippen molar-refractivity contribution in [3.8, 4) is 11.5 Å². The van der Waals surface area contributed by atoms with E-state index in [1.54, 1.807) is 14.2 Å². The minimum Gasteiger partial charge on any atom is -0.493 e. The Kier molecular flexibility index (Phi) is 5.86. The van der Waals surface area contributed by atoms with E-state index in [2.05, 4.69) is 45.3 Å². The molecule has 0 unspecified atom stereocenters. The van der Waals surface area contributed by atoms with Crippen molar-refractivity contribution < 1.29 is 9.47 Å². The molecule has 110 valence electrons. The molecular formula is C16H17IN2O2. The third-order valence-corrected chi connectivity index (χ3v) is 3.56. The van der Waals surface area contributed by atoms with Gasteiger partial charge in [0.2, 0.25) is 0 Å². The van der Waals surface area contributed by atoms with E-state index in [1.165, 1.54) is 3.57 Å². The third kappa shape index (κ3) is 4.63. The summed E-state index contributed by atoms with van der Waals surface area (Å²) in [6.07, 6.45) is 1.81. The number of methoxy groups -OCH3 is 2. The zero-order valence-corrected chi connectivity index (χ0v) is 14.1. The van der Waals surface area contributed by atoms with Crippen molar-refractivity contribution >= 4 is 28.8 Å². The Morgan fingerprint density at radius 1 is 1.10 bits per heavy atom. The maximum atomic E-state index is 5.27. The first-order chi connectivity index (χ1) is 10.2. The summed E-state index contributed by atoms with van der Waals surface area (Å²) in [4.78, 5) is 0. The van der Waals surface area contributed by atoms with Crippen LogP contribution >= 0.6 is 22.6 Å². The van der Waals surface area contributed by atoms with E-state index < -0.39 is 0 Å². The molecule has 0 heterocycles. The minimum absolute atomic E-state index is 0.626. The van der Waals surface area contributed by atoms with Gasteiger partial charge in [-0.2, -0.15) is 5.10 Å². The fraction of sp³-hybridized carbons (Fsp3) is 0.188. The lowest BCUT2D eigenvalue weighted by molar-refractivity contribution is 0.354. The summed E-state index contributed by atoms with van der Waals surface area (Å²) in [6.45, 7) is 0.626. The highest BCUT2D eigenvalue weighted by molar-refractivity contribution is 14.1. The van der Waals surface area contributed by atoms with Gasteiger partial charge in [0.1, 0.15) is 0 Å². The molecule has 0 amide bonds. The van der Waals surface area contributed by atoms with Crippen LogP contribution in [0, 0.1) is 3.57 Å². The Morgan fingerprint density at radius 3 is 2.62 bits per heavy atom. The van der Waals surface area contributed by atoms with Gasteiger partial charge in [-0.05, 0) is 58.0 Å². The summed E-state index contributed by atoms with van der Waals surface area (Å²) < 4.78 is 11.7. The lowest BCUT2D eigenvalue weighted by Crippen LogP contribution is -2.06. The zero-order valence-electron chi connectivity index (χ0n) is 12.0. The average molecular weight is 396 g/mol. The quantitative estimate of drug-likeness (QED) is 0.462. The predicted octanol–water partition coefficient (Wildman–Crippen LogP) is 3.43. The molecule has 4 nitrogen and oxygen atoms in total. The number of ether oxygens (including phenoxy) is 2. The Balaban J connectivity index is 1.94. The summed E-state index contributed by atoms with van der Waals surface area (Å²) in [6, 6.07) is 14.0. The standard InChI is InChI=1S/C16H17IN2O2/c1-20-15-7-6-13(9-16(15)21-2)11-19-18-10-12-4-3-5-14(17)8-12/h3-10,19H,11H2,1-2H3/b18-10+. The van der Waals surface area contributed by atoms with E-state index in [1.807, 2.05) is 36.5 Å². The molecule has 0 atom stereocenters. The molecule has 0 saturated heterocycles. The SMILES string of the molecule is COc1ccc(CN/N=C/c2cccc(I)c2)cc1OC. The monoisotopic (exact) mass is 396 g/mol. The number of hydrogen-bond donors (Lipinski definition) is 1. The van der Waals surface area contributed by atoms with E-state index in [0.717, 1.165) is 22.6 Å². The van der Waals surface area contributed by atoms with E-state index >= 15 is 0 Å². The molecular weight excluding hydrogens is 379 g/mol. The highest BCUT2D eigenvalue weighted by Gasteiger charge is 2.03. The molecule has 2 aromatic rings. The van der Waals surface area contributed by atoms with Crippen LogP contribution in [0.15, 0.2) is 47.6 Å². The van der Waals surface area contributed by atoms with Crippen molar-refractivity contribution in [3.63, 3.8) is 0 Å². The van der Waals surface area contributed by atoms with Crippen LogP contribution in [0.25, 0.3) is 0 Å². The lowest BCUT2D eigenvalue weighted by Gasteiger charge is -2.09. The number of rotatable bonds is 6. The molecule has 2 rings (SSSR count). The van der Waals surface area contributed by atoms with Gasteiger partial charge in [-0.25, -0.2) is 0 Å². The van der Waals surface area contributed by atoms with Gasteiger partial charge in [-0.3, -0.25) is 0 Å². The zero-order chi connectivity index (χ0) is 15.1.